The first kappa shape index (κ1) is 12.4. The summed E-state index contributed by atoms with van der Waals surface area (Å²) < 4.78 is 0. The maximum Gasteiger partial charge on any atom is 0.000439 e. The van der Waals surface area contributed by atoms with Crippen molar-refractivity contribution in [3.05, 3.63) is 0 Å². The quantitative estimate of drug-likeness (QED) is 0.774. The Bertz CT molecular complexity index is 217. The van der Waals surface area contributed by atoms with Crippen LogP contribution in [-0.4, -0.2) is 37.6 Å². The van der Waals surface area contributed by atoms with E-state index in [1.807, 2.05) is 0 Å². The summed E-state index contributed by atoms with van der Waals surface area (Å²) in [6, 6.07) is 0. The molecule has 1 N–H and O–H groups in total. The van der Waals surface area contributed by atoms with Crippen molar-refractivity contribution in [1.29, 1.82) is 0 Å². The molecule has 0 amide bonds. The van der Waals surface area contributed by atoms with Crippen LogP contribution in [0.2, 0.25) is 0 Å². The van der Waals surface area contributed by atoms with Crippen molar-refractivity contribution in [1.82, 2.24) is 10.2 Å². The van der Waals surface area contributed by atoms with Crippen LogP contribution in [0.5, 0.6) is 0 Å². The van der Waals surface area contributed by atoms with Gasteiger partial charge in [-0.05, 0) is 62.7 Å². The fraction of sp³-hybridized carbons (Fsp3) is 1.00. The summed E-state index contributed by atoms with van der Waals surface area (Å²) in [6.45, 7) is 13.6. The summed E-state index contributed by atoms with van der Waals surface area (Å²) in [6.07, 6.45) is 4.27. The van der Waals surface area contributed by atoms with Crippen LogP contribution in [0.3, 0.4) is 0 Å². The van der Waals surface area contributed by atoms with E-state index in [0.717, 1.165) is 11.8 Å². The van der Waals surface area contributed by atoms with Gasteiger partial charge < -0.3 is 10.2 Å². The first-order valence-corrected chi connectivity index (χ1v) is 7.05. The van der Waals surface area contributed by atoms with Gasteiger partial charge in [-0.3, -0.25) is 0 Å². The van der Waals surface area contributed by atoms with Gasteiger partial charge >= 0.3 is 0 Å². The minimum Gasteiger partial charge on any atom is -0.316 e. The zero-order chi connectivity index (χ0) is 11.6. The molecule has 16 heavy (non-hydrogen) atoms. The van der Waals surface area contributed by atoms with Gasteiger partial charge in [0.15, 0.2) is 0 Å². The Morgan fingerprint density at radius 3 is 2.50 bits per heavy atom. The SMILES string of the molecule is CC(C)CN1CCC2(CCNCC2C)CC1. The standard InChI is InChI=1S/C14H28N2/c1-12(2)11-16-8-5-14(6-9-16)4-7-15-10-13(14)3/h12-13,15H,4-11H2,1-3H3. The molecule has 2 heterocycles. The van der Waals surface area contributed by atoms with Gasteiger partial charge in [0.25, 0.3) is 0 Å². The third-order valence-corrected chi connectivity index (χ3v) is 4.77. The smallest absolute Gasteiger partial charge is 0.000439 e. The highest BCUT2D eigenvalue weighted by Crippen LogP contribution is 2.43. The maximum atomic E-state index is 3.54. The zero-order valence-electron chi connectivity index (χ0n) is 11.3. The van der Waals surface area contributed by atoms with Crippen LogP contribution in [0.4, 0.5) is 0 Å². The molecule has 1 atom stereocenters. The molecule has 1 unspecified atom stereocenters. The van der Waals surface area contributed by atoms with E-state index in [9.17, 15) is 0 Å². The van der Waals surface area contributed by atoms with Crippen LogP contribution in [0.25, 0.3) is 0 Å². The number of rotatable bonds is 2. The van der Waals surface area contributed by atoms with Gasteiger partial charge in [-0.2, -0.15) is 0 Å². The van der Waals surface area contributed by atoms with Crippen LogP contribution >= 0.6 is 0 Å². The molecule has 2 aliphatic heterocycles. The Hall–Kier alpha value is -0.0800. The first-order chi connectivity index (χ1) is 7.62. The molecule has 0 radical (unpaired) electrons. The Morgan fingerprint density at radius 2 is 1.94 bits per heavy atom. The van der Waals surface area contributed by atoms with E-state index in [-0.39, 0.29) is 0 Å². The van der Waals surface area contributed by atoms with E-state index in [1.54, 1.807) is 0 Å². The molecule has 0 saturated carbocycles. The zero-order valence-corrected chi connectivity index (χ0v) is 11.3. The first-order valence-electron chi connectivity index (χ1n) is 7.05. The number of nitrogens with zero attached hydrogens (tertiary/aromatic N) is 1. The Balaban J connectivity index is 1.87. The lowest BCUT2D eigenvalue weighted by atomic mass is 9.65. The molecule has 2 rings (SSSR count). The fourth-order valence-corrected chi connectivity index (χ4v) is 3.56. The van der Waals surface area contributed by atoms with Crippen LogP contribution < -0.4 is 5.32 Å². The van der Waals surface area contributed by atoms with Gasteiger partial charge in [0.05, 0.1) is 0 Å². The molecule has 0 bridgehead atoms. The third kappa shape index (κ3) is 2.60. The average molecular weight is 224 g/mol. The summed E-state index contributed by atoms with van der Waals surface area (Å²) >= 11 is 0. The molecule has 0 aliphatic carbocycles. The molecule has 0 aromatic carbocycles. The highest BCUT2D eigenvalue weighted by atomic mass is 15.1. The molecule has 2 fully saturated rings. The lowest BCUT2D eigenvalue weighted by Gasteiger charge is -2.48. The molecule has 1 spiro atoms. The normalized spacial score (nSPS) is 31.1. The van der Waals surface area contributed by atoms with Gasteiger partial charge in [-0.15, -0.1) is 0 Å². The molecular weight excluding hydrogens is 196 g/mol. The molecule has 2 heteroatoms. The molecule has 2 nitrogen and oxygen atoms in total. The summed E-state index contributed by atoms with van der Waals surface area (Å²) in [4.78, 5) is 2.67. The minimum absolute atomic E-state index is 0.679. The van der Waals surface area contributed by atoms with Crippen LogP contribution in [0, 0.1) is 17.3 Å². The maximum absolute atomic E-state index is 3.54. The van der Waals surface area contributed by atoms with Gasteiger partial charge in [0.2, 0.25) is 0 Å². The predicted molar refractivity (Wildman–Crippen MR) is 69.6 cm³/mol. The van der Waals surface area contributed by atoms with Crippen LogP contribution in [0.1, 0.15) is 40.0 Å². The second-order valence-electron chi connectivity index (χ2n) is 6.41. The van der Waals surface area contributed by atoms with Crippen molar-refractivity contribution >= 4 is 0 Å². The lowest BCUT2D eigenvalue weighted by Crippen LogP contribution is -2.50. The van der Waals surface area contributed by atoms with Crippen LogP contribution in [0.15, 0.2) is 0 Å². The van der Waals surface area contributed by atoms with E-state index in [2.05, 4.69) is 31.0 Å². The van der Waals surface area contributed by atoms with E-state index in [4.69, 9.17) is 0 Å². The van der Waals surface area contributed by atoms with E-state index >= 15 is 0 Å². The van der Waals surface area contributed by atoms with E-state index in [0.29, 0.717) is 5.41 Å². The number of piperidine rings is 2. The van der Waals surface area contributed by atoms with Crippen LogP contribution in [-0.2, 0) is 0 Å². The van der Waals surface area contributed by atoms with Gasteiger partial charge in [0, 0.05) is 6.54 Å². The largest absolute Gasteiger partial charge is 0.316 e. The number of nitrogens with one attached hydrogen (secondary N) is 1. The topological polar surface area (TPSA) is 15.3 Å². The third-order valence-electron chi connectivity index (χ3n) is 4.77. The predicted octanol–water partition coefficient (Wildman–Crippen LogP) is 2.35. The number of hydrogen-bond donors (Lipinski definition) is 1. The van der Waals surface area contributed by atoms with Crippen molar-refractivity contribution in [2.24, 2.45) is 17.3 Å². The molecule has 0 aromatic rings. The van der Waals surface area contributed by atoms with Crippen molar-refractivity contribution in [2.45, 2.75) is 40.0 Å². The molecule has 94 valence electrons. The summed E-state index contributed by atoms with van der Waals surface area (Å²) in [5, 5.41) is 3.54. The summed E-state index contributed by atoms with van der Waals surface area (Å²) in [5.41, 5.74) is 0.679. The summed E-state index contributed by atoms with van der Waals surface area (Å²) in [7, 11) is 0. The highest BCUT2D eigenvalue weighted by Gasteiger charge is 2.40. The Labute approximate surface area is 101 Å². The second kappa shape index (κ2) is 5.05. The number of hydrogen-bond acceptors (Lipinski definition) is 2. The molecule has 2 aliphatic rings. The van der Waals surface area contributed by atoms with Crippen molar-refractivity contribution < 1.29 is 0 Å². The van der Waals surface area contributed by atoms with Gasteiger partial charge in [-0.25, -0.2) is 0 Å². The fourth-order valence-electron chi connectivity index (χ4n) is 3.56. The van der Waals surface area contributed by atoms with Gasteiger partial charge in [-0.1, -0.05) is 20.8 Å². The highest BCUT2D eigenvalue weighted by molar-refractivity contribution is 4.93. The van der Waals surface area contributed by atoms with E-state index in [1.165, 1.54) is 52.0 Å². The molecule has 2 saturated heterocycles. The summed E-state index contributed by atoms with van der Waals surface area (Å²) in [5.74, 6) is 1.70. The van der Waals surface area contributed by atoms with E-state index < -0.39 is 0 Å². The Kier molecular flexibility index (Phi) is 3.91. The Morgan fingerprint density at radius 1 is 1.25 bits per heavy atom. The average Bonchev–Trinajstić information content (AvgIpc) is 2.25. The molecular formula is C14H28N2. The monoisotopic (exact) mass is 224 g/mol. The van der Waals surface area contributed by atoms with Gasteiger partial charge in [0.1, 0.15) is 0 Å². The second-order valence-corrected chi connectivity index (χ2v) is 6.41. The minimum atomic E-state index is 0.679. The molecule has 0 aromatic heterocycles. The number of likely N-dealkylation sites (tertiary alicyclic amines) is 1. The lowest BCUT2D eigenvalue weighted by molar-refractivity contribution is 0.0264. The van der Waals surface area contributed by atoms with Crippen molar-refractivity contribution in [3.8, 4) is 0 Å². The van der Waals surface area contributed by atoms with Crippen molar-refractivity contribution in [2.75, 3.05) is 32.7 Å². The van der Waals surface area contributed by atoms with Crippen molar-refractivity contribution in [3.63, 3.8) is 0 Å².